The lowest BCUT2D eigenvalue weighted by atomic mass is 9.97. The second-order valence-electron chi connectivity index (χ2n) is 4.64. The Labute approximate surface area is 110 Å². The summed E-state index contributed by atoms with van der Waals surface area (Å²) in [5.41, 5.74) is 5.44. The van der Waals surface area contributed by atoms with E-state index in [1.54, 1.807) is 0 Å². The van der Waals surface area contributed by atoms with Crippen LogP contribution in [0.15, 0.2) is 48.5 Å². The number of nitrogens with one attached hydrogen (secondary N) is 1. The molecule has 0 aromatic heterocycles. The van der Waals surface area contributed by atoms with Gasteiger partial charge in [-0.3, -0.25) is 0 Å². The van der Waals surface area contributed by atoms with Crippen molar-refractivity contribution >= 4 is 0 Å². The first-order chi connectivity index (χ1) is 8.85. The third-order valence-electron chi connectivity index (χ3n) is 3.16. The maximum absolute atomic E-state index is 3.23. The number of aryl methyl sites for hydroxylation is 1. The Morgan fingerprint density at radius 1 is 1.00 bits per heavy atom. The highest BCUT2D eigenvalue weighted by atomic mass is 14.8. The van der Waals surface area contributed by atoms with Gasteiger partial charge in [-0.2, -0.15) is 0 Å². The summed E-state index contributed by atoms with van der Waals surface area (Å²) in [6.45, 7) is 3.13. The summed E-state index contributed by atoms with van der Waals surface area (Å²) >= 11 is 0. The standard InChI is InChI=1S/C17H21N/c1-3-7-14-8-6-10-15(12-14)17-11-5-4-9-16(17)13-18-2/h4-6,8-12,18H,3,7,13H2,1-2H3. The summed E-state index contributed by atoms with van der Waals surface area (Å²) in [7, 11) is 1.99. The van der Waals surface area contributed by atoms with Gasteiger partial charge >= 0.3 is 0 Å². The van der Waals surface area contributed by atoms with Crippen molar-refractivity contribution in [1.82, 2.24) is 5.32 Å². The van der Waals surface area contributed by atoms with Crippen LogP contribution >= 0.6 is 0 Å². The minimum absolute atomic E-state index is 0.911. The van der Waals surface area contributed by atoms with Gasteiger partial charge in [-0.15, -0.1) is 0 Å². The Bertz CT molecular complexity index is 502. The molecule has 0 bridgehead atoms. The van der Waals surface area contributed by atoms with Crippen molar-refractivity contribution in [2.75, 3.05) is 7.05 Å². The third kappa shape index (κ3) is 2.99. The van der Waals surface area contributed by atoms with Crippen molar-refractivity contribution in [2.24, 2.45) is 0 Å². The van der Waals surface area contributed by atoms with Crippen molar-refractivity contribution in [3.05, 3.63) is 59.7 Å². The average molecular weight is 239 g/mol. The Hall–Kier alpha value is -1.60. The zero-order valence-corrected chi connectivity index (χ0v) is 11.2. The molecule has 1 heteroatoms. The molecule has 0 spiro atoms. The first-order valence-corrected chi connectivity index (χ1v) is 6.67. The molecule has 0 unspecified atom stereocenters. The molecule has 0 aliphatic rings. The van der Waals surface area contributed by atoms with E-state index in [4.69, 9.17) is 0 Å². The summed E-state index contributed by atoms with van der Waals surface area (Å²) < 4.78 is 0. The lowest BCUT2D eigenvalue weighted by Gasteiger charge is -2.10. The maximum atomic E-state index is 3.23. The van der Waals surface area contributed by atoms with E-state index in [1.807, 2.05) is 7.05 Å². The van der Waals surface area contributed by atoms with E-state index < -0.39 is 0 Å². The van der Waals surface area contributed by atoms with Crippen LogP contribution < -0.4 is 5.32 Å². The molecule has 0 saturated carbocycles. The van der Waals surface area contributed by atoms with Crippen LogP contribution in [0.25, 0.3) is 11.1 Å². The van der Waals surface area contributed by atoms with Crippen molar-refractivity contribution in [1.29, 1.82) is 0 Å². The van der Waals surface area contributed by atoms with Gasteiger partial charge in [0, 0.05) is 6.54 Å². The minimum Gasteiger partial charge on any atom is -0.316 e. The van der Waals surface area contributed by atoms with Crippen LogP contribution in [0.4, 0.5) is 0 Å². The summed E-state index contributed by atoms with van der Waals surface area (Å²) in [6, 6.07) is 17.5. The van der Waals surface area contributed by atoms with Gasteiger partial charge < -0.3 is 5.32 Å². The quantitative estimate of drug-likeness (QED) is 0.830. The molecule has 1 N–H and O–H groups in total. The van der Waals surface area contributed by atoms with Gasteiger partial charge in [-0.1, -0.05) is 61.9 Å². The molecule has 0 radical (unpaired) electrons. The van der Waals surface area contributed by atoms with Gasteiger partial charge in [-0.25, -0.2) is 0 Å². The fourth-order valence-corrected chi connectivity index (χ4v) is 2.33. The van der Waals surface area contributed by atoms with Crippen LogP contribution in [-0.4, -0.2) is 7.05 Å². The van der Waals surface area contributed by atoms with Crippen molar-refractivity contribution in [2.45, 2.75) is 26.3 Å². The maximum Gasteiger partial charge on any atom is 0.0208 e. The smallest absolute Gasteiger partial charge is 0.0208 e. The van der Waals surface area contributed by atoms with Crippen molar-refractivity contribution < 1.29 is 0 Å². The summed E-state index contributed by atoms with van der Waals surface area (Å²) in [4.78, 5) is 0. The molecule has 0 aliphatic carbocycles. The summed E-state index contributed by atoms with van der Waals surface area (Å²) in [6.07, 6.45) is 2.35. The largest absolute Gasteiger partial charge is 0.316 e. The number of hydrogen-bond donors (Lipinski definition) is 1. The van der Waals surface area contributed by atoms with Crippen molar-refractivity contribution in [3.8, 4) is 11.1 Å². The number of hydrogen-bond acceptors (Lipinski definition) is 1. The van der Waals surface area contributed by atoms with E-state index in [9.17, 15) is 0 Å². The predicted octanol–water partition coefficient (Wildman–Crippen LogP) is 4.03. The number of benzene rings is 2. The SMILES string of the molecule is CCCc1cccc(-c2ccccc2CNC)c1. The molecule has 2 aromatic rings. The van der Waals surface area contributed by atoms with E-state index in [2.05, 4.69) is 60.8 Å². The average Bonchev–Trinajstić information content (AvgIpc) is 2.40. The topological polar surface area (TPSA) is 12.0 Å². The van der Waals surface area contributed by atoms with Crippen LogP contribution in [0, 0.1) is 0 Å². The van der Waals surface area contributed by atoms with Gasteiger partial charge in [0.15, 0.2) is 0 Å². The zero-order valence-electron chi connectivity index (χ0n) is 11.2. The first kappa shape index (κ1) is 12.8. The lowest BCUT2D eigenvalue weighted by Crippen LogP contribution is -2.06. The fraction of sp³-hybridized carbons (Fsp3) is 0.294. The molecule has 0 aliphatic heterocycles. The first-order valence-electron chi connectivity index (χ1n) is 6.67. The Kier molecular flexibility index (Phi) is 4.54. The number of rotatable bonds is 5. The van der Waals surface area contributed by atoms with Crippen LogP contribution in [-0.2, 0) is 13.0 Å². The molecule has 0 fully saturated rings. The van der Waals surface area contributed by atoms with Crippen LogP contribution in [0.2, 0.25) is 0 Å². The van der Waals surface area contributed by atoms with E-state index in [-0.39, 0.29) is 0 Å². The van der Waals surface area contributed by atoms with Crippen LogP contribution in [0.5, 0.6) is 0 Å². The summed E-state index contributed by atoms with van der Waals surface area (Å²) in [5.74, 6) is 0. The molecular formula is C17H21N. The van der Waals surface area contributed by atoms with Gasteiger partial charge in [0.2, 0.25) is 0 Å². The van der Waals surface area contributed by atoms with Crippen LogP contribution in [0.3, 0.4) is 0 Å². The molecule has 0 heterocycles. The third-order valence-corrected chi connectivity index (χ3v) is 3.16. The molecule has 0 saturated heterocycles. The Morgan fingerprint density at radius 2 is 1.83 bits per heavy atom. The van der Waals surface area contributed by atoms with Gasteiger partial charge in [0.05, 0.1) is 0 Å². The highest BCUT2D eigenvalue weighted by molar-refractivity contribution is 5.68. The fourth-order valence-electron chi connectivity index (χ4n) is 2.33. The van der Waals surface area contributed by atoms with Gasteiger partial charge in [-0.05, 0) is 35.7 Å². The Balaban J connectivity index is 2.38. The monoisotopic (exact) mass is 239 g/mol. The molecule has 1 nitrogen and oxygen atoms in total. The van der Waals surface area contributed by atoms with E-state index >= 15 is 0 Å². The molecule has 0 amide bonds. The zero-order chi connectivity index (χ0) is 12.8. The molecule has 18 heavy (non-hydrogen) atoms. The predicted molar refractivity (Wildman–Crippen MR) is 78.6 cm³/mol. The molecule has 0 atom stereocenters. The molecule has 2 rings (SSSR count). The highest BCUT2D eigenvalue weighted by Gasteiger charge is 2.04. The normalized spacial score (nSPS) is 10.6. The molecule has 94 valence electrons. The molecular weight excluding hydrogens is 218 g/mol. The Morgan fingerprint density at radius 3 is 2.61 bits per heavy atom. The van der Waals surface area contributed by atoms with Crippen LogP contribution in [0.1, 0.15) is 24.5 Å². The highest BCUT2D eigenvalue weighted by Crippen LogP contribution is 2.24. The second kappa shape index (κ2) is 6.36. The van der Waals surface area contributed by atoms with E-state index in [0.717, 1.165) is 13.0 Å². The van der Waals surface area contributed by atoms with Gasteiger partial charge in [0.25, 0.3) is 0 Å². The second-order valence-corrected chi connectivity index (χ2v) is 4.64. The lowest BCUT2D eigenvalue weighted by molar-refractivity contribution is 0.819. The van der Waals surface area contributed by atoms with E-state index in [1.165, 1.54) is 28.7 Å². The van der Waals surface area contributed by atoms with E-state index in [0.29, 0.717) is 0 Å². The molecule has 2 aromatic carbocycles. The minimum atomic E-state index is 0.911. The van der Waals surface area contributed by atoms with Gasteiger partial charge in [0.1, 0.15) is 0 Å². The summed E-state index contributed by atoms with van der Waals surface area (Å²) in [5, 5.41) is 3.23. The van der Waals surface area contributed by atoms with Crippen molar-refractivity contribution in [3.63, 3.8) is 0 Å².